The summed E-state index contributed by atoms with van der Waals surface area (Å²) >= 11 is 0. The van der Waals surface area contributed by atoms with Gasteiger partial charge in [0.15, 0.2) is 11.4 Å². The van der Waals surface area contributed by atoms with Crippen LogP contribution < -0.4 is 0 Å². The molecule has 0 radical (unpaired) electrons. The van der Waals surface area contributed by atoms with Gasteiger partial charge in [0.05, 0.1) is 6.61 Å². The van der Waals surface area contributed by atoms with Crippen molar-refractivity contribution in [1.29, 1.82) is 0 Å². The smallest absolute Gasteiger partial charge is 0.338 e. The maximum Gasteiger partial charge on any atom is 0.338 e. The molecule has 0 aromatic rings. The number of hydrogen-bond acceptors (Lipinski definition) is 3. The number of rotatable bonds is 3. The van der Waals surface area contributed by atoms with Crippen LogP contribution in [0.15, 0.2) is 12.7 Å². The highest BCUT2D eigenvalue weighted by Gasteiger charge is 2.50. The van der Waals surface area contributed by atoms with Crippen molar-refractivity contribution in [3.8, 4) is 0 Å². The quantitative estimate of drug-likeness (QED) is 0.672. The lowest BCUT2D eigenvalue weighted by atomic mass is 10.0. The van der Waals surface area contributed by atoms with Crippen molar-refractivity contribution in [3.05, 3.63) is 12.7 Å². The van der Waals surface area contributed by atoms with E-state index in [-0.39, 0.29) is 13.0 Å². The standard InChI is InChI=1S/C9H14O4/c1-4-5-9(7(10)11)6-12-8(2,3)13-9/h4H,1,5-6H2,2-3H3,(H,10,11)/t9-/m0/s1. The molecule has 1 N–H and O–H groups in total. The van der Waals surface area contributed by atoms with Gasteiger partial charge in [-0.05, 0) is 13.8 Å². The Morgan fingerprint density at radius 3 is 2.62 bits per heavy atom. The van der Waals surface area contributed by atoms with E-state index < -0.39 is 17.4 Å². The molecule has 0 bridgehead atoms. The summed E-state index contributed by atoms with van der Waals surface area (Å²) in [6.07, 6.45) is 1.78. The van der Waals surface area contributed by atoms with E-state index in [1.54, 1.807) is 13.8 Å². The van der Waals surface area contributed by atoms with Gasteiger partial charge in [-0.15, -0.1) is 6.58 Å². The molecule has 0 aliphatic carbocycles. The van der Waals surface area contributed by atoms with Crippen LogP contribution >= 0.6 is 0 Å². The largest absolute Gasteiger partial charge is 0.479 e. The van der Waals surface area contributed by atoms with E-state index in [2.05, 4.69) is 6.58 Å². The number of ether oxygens (including phenoxy) is 2. The highest BCUT2D eigenvalue weighted by Crippen LogP contribution is 2.33. The van der Waals surface area contributed by atoms with Crippen LogP contribution in [0.25, 0.3) is 0 Å². The maximum absolute atomic E-state index is 10.9. The molecular weight excluding hydrogens is 172 g/mol. The minimum Gasteiger partial charge on any atom is -0.479 e. The summed E-state index contributed by atoms with van der Waals surface area (Å²) in [4.78, 5) is 10.9. The topological polar surface area (TPSA) is 55.8 Å². The summed E-state index contributed by atoms with van der Waals surface area (Å²) in [5.41, 5.74) is -1.24. The fourth-order valence-corrected chi connectivity index (χ4v) is 1.35. The molecule has 4 heteroatoms. The Hall–Kier alpha value is -0.870. The van der Waals surface area contributed by atoms with Crippen LogP contribution in [-0.2, 0) is 14.3 Å². The average molecular weight is 186 g/mol. The van der Waals surface area contributed by atoms with Crippen LogP contribution in [0.2, 0.25) is 0 Å². The molecule has 1 atom stereocenters. The lowest BCUT2D eigenvalue weighted by molar-refractivity contribution is -0.184. The van der Waals surface area contributed by atoms with Crippen molar-refractivity contribution in [1.82, 2.24) is 0 Å². The summed E-state index contributed by atoms with van der Waals surface area (Å²) < 4.78 is 10.6. The van der Waals surface area contributed by atoms with Gasteiger partial charge in [-0.25, -0.2) is 4.79 Å². The minimum atomic E-state index is -1.24. The van der Waals surface area contributed by atoms with E-state index in [0.717, 1.165) is 0 Å². The van der Waals surface area contributed by atoms with Crippen molar-refractivity contribution in [2.75, 3.05) is 6.61 Å². The number of carbonyl (C=O) groups is 1. The number of aliphatic carboxylic acids is 1. The van der Waals surface area contributed by atoms with Gasteiger partial charge < -0.3 is 14.6 Å². The molecule has 1 fully saturated rings. The molecule has 1 aliphatic rings. The molecule has 0 amide bonds. The van der Waals surface area contributed by atoms with E-state index in [4.69, 9.17) is 14.6 Å². The summed E-state index contributed by atoms with van der Waals surface area (Å²) in [6, 6.07) is 0. The van der Waals surface area contributed by atoms with Crippen molar-refractivity contribution in [2.24, 2.45) is 0 Å². The second-order valence-corrected chi connectivity index (χ2v) is 3.58. The Morgan fingerprint density at radius 2 is 2.31 bits per heavy atom. The fraction of sp³-hybridized carbons (Fsp3) is 0.667. The van der Waals surface area contributed by atoms with Gasteiger partial charge in [0.2, 0.25) is 0 Å². The third-order valence-electron chi connectivity index (χ3n) is 1.96. The molecule has 74 valence electrons. The van der Waals surface area contributed by atoms with Crippen LogP contribution in [0.1, 0.15) is 20.3 Å². The number of carboxylic acid groups (broad SMARTS) is 1. The number of hydrogen-bond donors (Lipinski definition) is 1. The number of carboxylic acids is 1. The molecule has 4 nitrogen and oxygen atoms in total. The molecule has 1 saturated heterocycles. The second kappa shape index (κ2) is 3.12. The maximum atomic E-state index is 10.9. The Bertz CT molecular complexity index is 234. The SMILES string of the molecule is C=CC[C@@]1(C(=O)O)COC(C)(C)O1. The summed E-state index contributed by atoms with van der Waals surface area (Å²) in [7, 11) is 0. The van der Waals surface area contributed by atoms with Crippen LogP contribution in [0.4, 0.5) is 0 Å². The Labute approximate surface area is 77.1 Å². The first-order chi connectivity index (χ1) is 5.92. The zero-order valence-electron chi connectivity index (χ0n) is 7.87. The molecule has 0 unspecified atom stereocenters. The van der Waals surface area contributed by atoms with Gasteiger partial charge >= 0.3 is 5.97 Å². The molecule has 0 saturated carbocycles. The Kier molecular flexibility index (Phi) is 2.45. The first kappa shape index (κ1) is 10.2. The predicted octanol–water partition coefficient (Wildman–Crippen LogP) is 1.17. The van der Waals surface area contributed by atoms with Gasteiger partial charge in [0.1, 0.15) is 0 Å². The third kappa shape index (κ3) is 1.89. The van der Waals surface area contributed by atoms with Crippen molar-refractivity contribution >= 4 is 5.97 Å². The Morgan fingerprint density at radius 1 is 1.69 bits per heavy atom. The first-order valence-corrected chi connectivity index (χ1v) is 4.10. The summed E-state index contributed by atoms with van der Waals surface area (Å²) in [5, 5.41) is 8.97. The molecule has 1 aliphatic heterocycles. The second-order valence-electron chi connectivity index (χ2n) is 3.58. The predicted molar refractivity (Wildman–Crippen MR) is 46.3 cm³/mol. The van der Waals surface area contributed by atoms with Gasteiger partial charge in [0.25, 0.3) is 0 Å². The van der Waals surface area contributed by atoms with E-state index in [0.29, 0.717) is 0 Å². The van der Waals surface area contributed by atoms with Crippen molar-refractivity contribution in [3.63, 3.8) is 0 Å². The molecule has 1 rings (SSSR count). The van der Waals surface area contributed by atoms with Gasteiger partial charge in [-0.1, -0.05) is 6.08 Å². The average Bonchev–Trinajstić information content (AvgIpc) is 2.28. The van der Waals surface area contributed by atoms with E-state index >= 15 is 0 Å². The zero-order valence-corrected chi connectivity index (χ0v) is 7.87. The highest BCUT2D eigenvalue weighted by atomic mass is 16.8. The van der Waals surface area contributed by atoms with Gasteiger partial charge in [-0.2, -0.15) is 0 Å². The van der Waals surface area contributed by atoms with Crippen molar-refractivity contribution < 1.29 is 19.4 Å². The van der Waals surface area contributed by atoms with Gasteiger partial charge in [-0.3, -0.25) is 0 Å². The highest BCUT2D eigenvalue weighted by molar-refractivity contribution is 5.78. The monoisotopic (exact) mass is 186 g/mol. The lowest BCUT2D eigenvalue weighted by Crippen LogP contribution is -2.42. The molecule has 1 heterocycles. The normalized spacial score (nSPS) is 31.5. The zero-order chi connectivity index (χ0) is 10.1. The minimum absolute atomic E-state index is 0.0708. The summed E-state index contributed by atoms with van der Waals surface area (Å²) in [5.74, 6) is -1.82. The third-order valence-corrected chi connectivity index (χ3v) is 1.96. The Balaban J connectivity index is 2.83. The molecule has 13 heavy (non-hydrogen) atoms. The molecular formula is C9H14O4. The van der Waals surface area contributed by atoms with Gasteiger partial charge in [0, 0.05) is 6.42 Å². The fourth-order valence-electron chi connectivity index (χ4n) is 1.35. The van der Waals surface area contributed by atoms with E-state index in [1.165, 1.54) is 6.08 Å². The molecule has 0 aromatic heterocycles. The summed E-state index contributed by atoms with van der Waals surface area (Å²) in [6.45, 7) is 6.96. The van der Waals surface area contributed by atoms with Crippen LogP contribution in [0, 0.1) is 0 Å². The van der Waals surface area contributed by atoms with Crippen LogP contribution in [-0.4, -0.2) is 29.1 Å². The molecule has 0 spiro atoms. The van der Waals surface area contributed by atoms with E-state index in [1.807, 2.05) is 0 Å². The van der Waals surface area contributed by atoms with Crippen molar-refractivity contribution in [2.45, 2.75) is 31.7 Å². The van der Waals surface area contributed by atoms with Crippen LogP contribution in [0.3, 0.4) is 0 Å². The molecule has 0 aromatic carbocycles. The lowest BCUT2D eigenvalue weighted by Gasteiger charge is -2.23. The van der Waals surface area contributed by atoms with Crippen LogP contribution in [0.5, 0.6) is 0 Å². The van der Waals surface area contributed by atoms with E-state index in [9.17, 15) is 4.79 Å². The first-order valence-electron chi connectivity index (χ1n) is 4.10.